The van der Waals surface area contributed by atoms with Gasteiger partial charge in [-0.05, 0) is 36.7 Å². The number of rotatable bonds is 7. The van der Waals surface area contributed by atoms with Crippen molar-refractivity contribution in [3.05, 3.63) is 41.7 Å². The summed E-state index contributed by atoms with van der Waals surface area (Å²) in [6.45, 7) is 2.83. The summed E-state index contributed by atoms with van der Waals surface area (Å²) in [7, 11) is 0. The molecule has 0 aromatic carbocycles. The lowest BCUT2D eigenvalue weighted by Gasteiger charge is -2.13. The Bertz CT molecular complexity index is 784. The lowest BCUT2D eigenvalue weighted by molar-refractivity contribution is -0.122. The highest BCUT2D eigenvalue weighted by Gasteiger charge is 2.34. The Hall–Kier alpha value is -2.28. The van der Waals surface area contributed by atoms with Crippen molar-refractivity contribution in [2.75, 3.05) is 13.2 Å². The molecule has 3 rings (SSSR count). The molecule has 1 aliphatic heterocycles. The number of nitrogens with zero attached hydrogens (tertiary/aromatic N) is 3. The van der Waals surface area contributed by atoms with Crippen LogP contribution in [0.25, 0.3) is 5.65 Å². The number of carbonyl (C=O) groups is 2. The average molecular weight is 345 g/mol. The average Bonchev–Trinajstić information content (AvgIpc) is 3.16. The molecule has 0 atom stereocenters. The van der Waals surface area contributed by atoms with Gasteiger partial charge < -0.3 is 9.14 Å². The van der Waals surface area contributed by atoms with Gasteiger partial charge in [-0.1, -0.05) is 19.4 Å². The van der Waals surface area contributed by atoms with Gasteiger partial charge in [0.2, 0.25) is 0 Å². The quantitative estimate of drug-likeness (QED) is 0.568. The molecule has 2 aromatic heterocycles. The minimum atomic E-state index is -0.197. The summed E-state index contributed by atoms with van der Waals surface area (Å²) in [6.07, 6.45) is 9.67. The van der Waals surface area contributed by atoms with Gasteiger partial charge in [-0.2, -0.15) is 0 Å². The number of ether oxygens (including phenoxy) is 1. The predicted octanol–water partition coefficient (Wildman–Crippen LogP) is 3.48. The first kappa shape index (κ1) is 16.6. The fraction of sp³-hybridized carbons (Fsp3) is 0.353. The number of fused-ring (bicyclic) bond motifs is 1. The minimum absolute atomic E-state index is 0.186. The first-order valence-corrected chi connectivity index (χ1v) is 8.80. The zero-order chi connectivity index (χ0) is 16.9. The molecule has 24 heavy (non-hydrogen) atoms. The van der Waals surface area contributed by atoms with Gasteiger partial charge in [-0.25, -0.2) is 4.98 Å². The Labute approximate surface area is 144 Å². The van der Waals surface area contributed by atoms with E-state index >= 15 is 0 Å². The number of thioether (sulfide) groups is 1. The molecule has 126 valence electrons. The van der Waals surface area contributed by atoms with E-state index in [9.17, 15) is 9.59 Å². The molecule has 0 spiro atoms. The van der Waals surface area contributed by atoms with E-state index in [-0.39, 0.29) is 11.1 Å². The standard InChI is InChI=1S/C17H19N3O3S/c1-2-3-7-14-16(21)20(17(22)24-14)10-5-12-23-13-6-4-9-19-11-8-18-15(13)19/h4,6-9,11H,2-3,5,10,12H2,1H3. The molecule has 0 aliphatic carbocycles. The normalized spacial score (nSPS) is 16.5. The molecule has 6 nitrogen and oxygen atoms in total. The van der Waals surface area contributed by atoms with Gasteiger partial charge in [0.15, 0.2) is 11.4 Å². The summed E-state index contributed by atoms with van der Waals surface area (Å²) in [4.78, 5) is 30.2. The summed E-state index contributed by atoms with van der Waals surface area (Å²) in [5.41, 5.74) is 0.756. The lowest BCUT2D eigenvalue weighted by Crippen LogP contribution is -2.30. The summed E-state index contributed by atoms with van der Waals surface area (Å²) in [6, 6.07) is 3.74. The number of amides is 2. The molecule has 2 aromatic rings. The summed E-state index contributed by atoms with van der Waals surface area (Å²) < 4.78 is 7.62. The number of imidazole rings is 1. The van der Waals surface area contributed by atoms with E-state index < -0.39 is 0 Å². The Morgan fingerprint density at radius 2 is 2.21 bits per heavy atom. The summed E-state index contributed by atoms with van der Waals surface area (Å²) >= 11 is 1.02. The molecular formula is C17H19N3O3S. The van der Waals surface area contributed by atoms with Gasteiger partial charge in [0.1, 0.15) is 0 Å². The molecule has 0 radical (unpaired) electrons. The van der Waals surface area contributed by atoms with E-state index in [0.717, 1.165) is 30.3 Å². The van der Waals surface area contributed by atoms with Gasteiger partial charge in [-0.3, -0.25) is 14.5 Å². The zero-order valence-electron chi connectivity index (χ0n) is 13.5. The number of hydrogen-bond donors (Lipinski definition) is 0. The molecule has 0 unspecified atom stereocenters. The van der Waals surface area contributed by atoms with Crippen LogP contribution in [-0.2, 0) is 4.79 Å². The Balaban J connectivity index is 1.52. The molecule has 2 amide bonds. The predicted molar refractivity (Wildman–Crippen MR) is 93.0 cm³/mol. The smallest absolute Gasteiger partial charge is 0.293 e. The molecule has 3 heterocycles. The van der Waals surface area contributed by atoms with Gasteiger partial charge in [-0.15, -0.1) is 0 Å². The maximum atomic E-state index is 12.2. The van der Waals surface area contributed by atoms with E-state index in [0.29, 0.717) is 30.2 Å². The molecule has 7 heteroatoms. The van der Waals surface area contributed by atoms with Crippen LogP contribution in [0.1, 0.15) is 26.2 Å². The number of allylic oxidation sites excluding steroid dienone is 1. The SMILES string of the molecule is CCCC=C1SC(=O)N(CCCOc2cccn3ccnc23)C1=O. The van der Waals surface area contributed by atoms with Crippen LogP contribution < -0.4 is 4.74 Å². The van der Waals surface area contributed by atoms with Crippen LogP contribution in [0.4, 0.5) is 4.79 Å². The molecule has 0 saturated carbocycles. The topological polar surface area (TPSA) is 63.9 Å². The second kappa shape index (κ2) is 7.53. The molecule has 1 fully saturated rings. The number of pyridine rings is 1. The third-order valence-corrected chi connectivity index (χ3v) is 4.62. The van der Waals surface area contributed by atoms with Crippen LogP contribution in [0.5, 0.6) is 5.75 Å². The van der Waals surface area contributed by atoms with Crippen LogP contribution >= 0.6 is 11.8 Å². The lowest BCUT2D eigenvalue weighted by atomic mass is 10.3. The Kier molecular flexibility index (Phi) is 5.20. The van der Waals surface area contributed by atoms with Crippen molar-refractivity contribution in [1.29, 1.82) is 0 Å². The van der Waals surface area contributed by atoms with Crippen LogP contribution in [-0.4, -0.2) is 38.6 Å². The summed E-state index contributed by atoms with van der Waals surface area (Å²) in [5.74, 6) is 0.508. The van der Waals surface area contributed by atoms with Crippen LogP contribution in [0.3, 0.4) is 0 Å². The first-order chi connectivity index (χ1) is 11.7. The summed E-state index contributed by atoms with van der Waals surface area (Å²) in [5, 5.41) is -0.197. The van der Waals surface area contributed by atoms with E-state index in [1.165, 1.54) is 4.90 Å². The van der Waals surface area contributed by atoms with Gasteiger partial charge in [0.05, 0.1) is 11.5 Å². The number of carbonyl (C=O) groups excluding carboxylic acids is 2. The molecule has 0 bridgehead atoms. The van der Waals surface area contributed by atoms with Crippen LogP contribution in [0.15, 0.2) is 41.7 Å². The Morgan fingerprint density at radius 1 is 1.33 bits per heavy atom. The largest absolute Gasteiger partial charge is 0.490 e. The number of aromatic nitrogens is 2. The molecular weight excluding hydrogens is 326 g/mol. The van der Waals surface area contributed by atoms with E-state index in [1.807, 2.05) is 41.9 Å². The first-order valence-electron chi connectivity index (χ1n) is 7.99. The molecule has 1 aliphatic rings. The minimum Gasteiger partial charge on any atom is -0.490 e. The van der Waals surface area contributed by atoms with Crippen LogP contribution in [0, 0.1) is 0 Å². The maximum absolute atomic E-state index is 12.2. The van der Waals surface area contributed by atoms with Crippen molar-refractivity contribution in [3.8, 4) is 5.75 Å². The number of hydrogen-bond acceptors (Lipinski definition) is 5. The van der Waals surface area contributed by atoms with Gasteiger partial charge in [0, 0.05) is 25.1 Å². The van der Waals surface area contributed by atoms with Crippen molar-refractivity contribution in [1.82, 2.24) is 14.3 Å². The van der Waals surface area contributed by atoms with Crippen molar-refractivity contribution in [3.63, 3.8) is 0 Å². The Morgan fingerprint density at radius 3 is 3.04 bits per heavy atom. The van der Waals surface area contributed by atoms with Crippen LogP contribution in [0.2, 0.25) is 0 Å². The third-order valence-electron chi connectivity index (χ3n) is 3.66. The fourth-order valence-electron chi connectivity index (χ4n) is 2.45. The second-order valence-corrected chi connectivity index (χ2v) is 6.41. The highest BCUT2D eigenvalue weighted by atomic mass is 32.2. The maximum Gasteiger partial charge on any atom is 0.293 e. The molecule has 1 saturated heterocycles. The zero-order valence-corrected chi connectivity index (χ0v) is 14.3. The monoisotopic (exact) mass is 345 g/mol. The van der Waals surface area contributed by atoms with E-state index in [4.69, 9.17) is 4.74 Å². The van der Waals surface area contributed by atoms with Gasteiger partial charge >= 0.3 is 0 Å². The van der Waals surface area contributed by atoms with Gasteiger partial charge in [0.25, 0.3) is 11.1 Å². The highest BCUT2D eigenvalue weighted by Crippen LogP contribution is 2.31. The van der Waals surface area contributed by atoms with Crippen molar-refractivity contribution in [2.45, 2.75) is 26.2 Å². The highest BCUT2D eigenvalue weighted by molar-refractivity contribution is 8.18. The third kappa shape index (κ3) is 3.46. The van der Waals surface area contributed by atoms with E-state index in [1.54, 1.807) is 6.20 Å². The van der Waals surface area contributed by atoms with Crippen molar-refractivity contribution in [2.24, 2.45) is 0 Å². The second-order valence-electron chi connectivity index (χ2n) is 5.41. The van der Waals surface area contributed by atoms with Crippen molar-refractivity contribution < 1.29 is 14.3 Å². The fourth-order valence-corrected chi connectivity index (χ4v) is 3.32. The van der Waals surface area contributed by atoms with E-state index in [2.05, 4.69) is 4.98 Å². The number of imide groups is 1. The number of unbranched alkanes of at least 4 members (excludes halogenated alkanes) is 1. The molecule has 0 N–H and O–H groups in total. The van der Waals surface area contributed by atoms with Crippen molar-refractivity contribution >= 4 is 28.6 Å².